The Morgan fingerprint density at radius 1 is 1.26 bits per heavy atom. The van der Waals surface area contributed by atoms with Gasteiger partial charge in [-0.1, -0.05) is 41.9 Å². The lowest BCUT2D eigenvalue weighted by molar-refractivity contribution is 0.415. The minimum absolute atomic E-state index is 0.158. The van der Waals surface area contributed by atoms with E-state index in [4.69, 9.17) is 22.1 Å². The molecular weight excluding hydrogens is 310 g/mol. The molecule has 1 aliphatic rings. The molecule has 0 amide bonds. The van der Waals surface area contributed by atoms with Crippen LogP contribution in [0.15, 0.2) is 53.5 Å². The maximum absolute atomic E-state index is 6.11. The number of rotatable bonds is 5. The van der Waals surface area contributed by atoms with Gasteiger partial charge in [0.25, 0.3) is 0 Å². The number of ether oxygens (including phenoxy) is 1. The standard InChI is InChI=1S/C18H20ClN3O/c1-23-16-8-7-14(11-15(16)19)22-17(20)21-12-18(9-10-18)13-5-3-2-4-6-13/h2-8,11H,9-10,12H2,1H3,(H3,20,21,22). The molecule has 2 aromatic rings. The predicted octanol–water partition coefficient (Wildman–Crippen LogP) is 3.81. The second-order valence-corrected chi connectivity index (χ2v) is 6.23. The molecule has 3 N–H and O–H groups in total. The zero-order valence-corrected chi connectivity index (χ0v) is 13.8. The van der Waals surface area contributed by atoms with Crippen LogP contribution in [0, 0.1) is 0 Å². The molecule has 0 unspecified atom stereocenters. The summed E-state index contributed by atoms with van der Waals surface area (Å²) in [4.78, 5) is 4.51. The number of methoxy groups -OCH3 is 1. The van der Waals surface area contributed by atoms with Crippen molar-refractivity contribution in [3.63, 3.8) is 0 Å². The predicted molar refractivity (Wildman–Crippen MR) is 95.5 cm³/mol. The van der Waals surface area contributed by atoms with Gasteiger partial charge in [0.15, 0.2) is 5.96 Å². The molecule has 2 aromatic carbocycles. The van der Waals surface area contributed by atoms with Crippen LogP contribution in [0.25, 0.3) is 0 Å². The van der Waals surface area contributed by atoms with Crippen molar-refractivity contribution in [2.45, 2.75) is 18.3 Å². The molecule has 0 bridgehead atoms. The van der Waals surface area contributed by atoms with E-state index in [1.165, 1.54) is 5.56 Å². The van der Waals surface area contributed by atoms with E-state index in [1.54, 1.807) is 19.2 Å². The summed E-state index contributed by atoms with van der Waals surface area (Å²) < 4.78 is 5.13. The summed E-state index contributed by atoms with van der Waals surface area (Å²) in [5, 5.41) is 3.61. The number of nitrogens with two attached hydrogens (primary N) is 1. The van der Waals surface area contributed by atoms with Crippen molar-refractivity contribution in [1.82, 2.24) is 0 Å². The van der Waals surface area contributed by atoms with Crippen LogP contribution in [0.4, 0.5) is 5.69 Å². The molecular formula is C18H20ClN3O. The van der Waals surface area contributed by atoms with Crippen LogP contribution in [0.2, 0.25) is 5.02 Å². The van der Waals surface area contributed by atoms with E-state index < -0.39 is 0 Å². The van der Waals surface area contributed by atoms with Gasteiger partial charge >= 0.3 is 0 Å². The fraction of sp³-hybridized carbons (Fsp3) is 0.278. The Kier molecular flexibility index (Phi) is 4.44. The lowest BCUT2D eigenvalue weighted by Crippen LogP contribution is -2.24. The zero-order chi connectivity index (χ0) is 16.3. The fourth-order valence-electron chi connectivity index (χ4n) is 2.65. The minimum atomic E-state index is 0.158. The molecule has 0 radical (unpaired) electrons. The highest BCUT2D eigenvalue weighted by atomic mass is 35.5. The van der Waals surface area contributed by atoms with Crippen LogP contribution < -0.4 is 15.8 Å². The van der Waals surface area contributed by atoms with Crippen LogP contribution in [-0.2, 0) is 5.41 Å². The summed E-state index contributed by atoms with van der Waals surface area (Å²) in [6.07, 6.45) is 2.31. The minimum Gasteiger partial charge on any atom is -0.495 e. The van der Waals surface area contributed by atoms with Crippen LogP contribution in [0.1, 0.15) is 18.4 Å². The second-order valence-electron chi connectivity index (χ2n) is 5.82. The van der Waals surface area contributed by atoms with Crippen LogP contribution in [-0.4, -0.2) is 19.6 Å². The average Bonchev–Trinajstić information content (AvgIpc) is 3.35. The molecule has 23 heavy (non-hydrogen) atoms. The zero-order valence-electron chi connectivity index (χ0n) is 13.1. The van der Waals surface area contributed by atoms with Gasteiger partial charge in [-0.15, -0.1) is 0 Å². The number of halogens is 1. The fourth-order valence-corrected chi connectivity index (χ4v) is 2.91. The van der Waals surface area contributed by atoms with Gasteiger partial charge < -0.3 is 15.8 Å². The van der Waals surface area contributed by atoms with Gasteiger partial charge in [0.1, 0.15) is 5.75 Å². The van der Waals surface area contributed by atoms with Gasteiger partial charge in [-0.05, 0) is 36.6 Å². The molecule has 0 heterocycles. The third kappa shape index (κ3) is 3.59. The van der Waals surface area contributed by atoms with Crippen molar-refractivity contribution in [3.05, 3.63) is 59.1 Å². The van der Waals surface area contributed by atoms with Crippen molar-refractivity contribution >= 4 is 23.2 Å². The first-order valence-corrected chi connectivity index (χ1v) is 7.97. The van der Waals surface area contributed by atoms with Gasteiger partial charge in [0.2, 0.25) is 0 Å². The molecule has 1 saturated carbocycles. The van der Waals surface area contributed by atoms with Gasteiger partial charge in [-0.25, -0.2) is 0 Å². The topological polar surface area (TPSA) is 59.6 Å². The molecule has 0 aromatic heterocycles. The molecule has 0 atom stereocenters. The Hall–Kier alpha value is -2.20. The first-order valence-electron chi connectivity index (χ1n) is 7.59. The van der Waals surface area contributed by atoms with E-state index in [9.17, 15) is 0 Å². The van der Waals surface area contributed by atoms with Crippen molar-refractivity contribution in [3.8, 4) is 5.75 Å². The number of aliphatic imine (C=N–C) groups is 1. The van der Waals surface area contributed by atoms with Gasteiger partial charge in [-0.2, -0.15) is 0 Å². The SMILES string of the molecule is COc1ccc(NC(N)=NCC2(c3ccccc3)CC2)cc1Cl. The maximum Gasteiger partial charge on any atom is 0.193 e. The van der Waals surface area contributed by atoms with Crippen molar-refractivity contribution in [2.24, 2.45) is 10.7 Å². The smallest absolute Gasteiger partial charge is 0.193 e. The van der Waals surface area contributed by atoms with E-state index in [0.29, 0.717) is 23.3 Å². The number of nitrogens with one attached hydrogen (secondary N) is 1. The van der Waals surface area contributed by atoms with E-state index in [0.717, 1.165) is 18.5 Å². The largest absolute Gasteiger partial charge is 0.495 e. The van der Waals surface area contributed by atoms with E-state index in [2.05, 4.69) is 34.6 Å². The Morgan fingerprint density at radius 3 is 2.61 bits per heavy atom. The summed E-state index contributed by atoms with van der Waals surface area (Å²) in [6, 6.07) is 15.9. The molecule has 4 nitrogen and oxygen atoms in total. The first-order chi connectivity index (χ1) is 11.1. The Morgan fingerprint density at radius 2 is 2.00 bits per heavy atom. The summed E-state index contributed by atoms with van der Waals surface area (Å²) in [7, 11) is 1.59. The maximum atomic E-state index is 6.11. The molecule has 1 aliphatic carbocycles. The molecule has 1 fully saturated rings. The quantitative estimate of drug-likeness (QED) is 0.648. The number of nitrogens with zero attached hydrogens (tertiary/aromatic N) is 1. The normalized spacial score (nSPS) is 16.0. The Balaban J connectivity index is 1.66. The van der Waals surface area contributed by atoms with Crippen molar-refractivity contribution in [2.75, 3.05) is 19.0 Å². The number of guanidine groups is 1. The number of anilines is 1. The van der Waals surface area contributed by atoms with E-state index in [1.807, 2.05) is 12.1 Å². The van der Waals surface area contributed by atoms with E-state index in [-0.39, 0.29) is 5.41 Å². The van der Waals surface area contributed by atoms with Gasteiger partial charge in [0.05, 0.1) is 18.7 Å². The Labute approximate surface area is 141 Å². The van der Waals surface area contributed by atoms with Crippen molar-refractivity contribution < 1.29 is 4.74 Å². The molecule has 120 valence electrons. The number of hydrogen-bond donors (Lipinski definition) is 2. The third-order valence-corrected chi connectivity index (χ3v) is 4.51. The van der Waals surface area contributed by atoms with Gasteiger partial charge in [-0.3, -0.25) is 4.99 Å². The van der Waals surface area contributed by atoms with Crippen LogP contribution >= 0.6 is 11.6 Å². The summed E-state index contributed by atoms with van der Waals surface area (Å²) in [6.45, 7) is 0.694. The van der Waals surface area contributed by atoms with Gasteiger partial charge in [0, 0.05) is 11.1 Å². The summed E-state index contributed by atoms with van der Waals surface area (Å²) in [5.41, 5.74) is 8.29. The summed E-state index contributed by atoms with van der Waals surface area (Å²) in [5.74, 6) is 1.03. The van der Waals surface area contributed by atoms with Crippen LogP contribution in [0.3, 0.4) is 0 Å². The first kappa shape index (κ1) is 15.7. The monoisotopic (exact) mass is 329 g/mol. The Bertz CT molecular complexity index is 711. The van der Waals surface area contributed by atoms with Crippen LogP contribution in [0.5, 0.6) is 5.75 Å². The van der Waals surface area contributed by atoms with Crippen molar-refractivity contribution in [1.29, 1.82) is 0 Å². The third-order valence-electron chi connectivity index (χ3n) is 4.22. The molecule has 3 rings (SSSR count). The van der Waals surface area contributed by atoms with E-state index >= 15 is 0 Å². The summed E-state index contributed by atoms with van der Waals surface area (Å²) >= 11 is 6.11. The number of hydrogen-bond acceptors (Lipinski definition) is 2. The highest BCUT2D eigenvalue weighted by molar-refractivity contribution is 6.32. The molecule has 0 aliphatic heterocycles. The second kappa shape index (κ2) is 6.50. The lowest BCUT2D eigenvalue weighted by Gasteiger charge is -2.14. The lowest BCUT2D eigenvalue weighted by atomic mass is 9.96. The average molecular weight is 330 g/mol. The molecule has 0 saturated heterocycles. The molecule has 0 spiro atoms. The highest BCUT2D eigenvalue weighted by Crippen LogP contribution is 2.48. The number of benzene rings is 2. The highest BCUT2D eigenvalue weighted by Gasteiger charge is 2.43. The molecule has 5 heteroatoms.